The van der Waals surface area contributed by atoms with E-state index in [1.165, 1.54) is 6.92 Å². The first-order valence-electron chi connectivity index (χ1n) is 8.32. The van der Waals surface area contributed by atoms with Gasteiger partial charge in [0, 0.05) is 13.0 Å². The number of amides is 2. The zero-order valence-electron chi connectivity index (χ0n) is 15.3. The van der Waals surface area contributed by atoms with E-state index < -0.39 is 30.4 Å². The van der Waals surface area contributed by atoms with Crippen molar-refractivity contribution in [2.75, 3.05) is 23.8 Å². The van der Waals surface area contributed by atoms with Gasteiger partial charge in [0.05, 0.1) is 18.0 Å². The third-order valence-electron chi connectivity index (χ3n) is 3.22. The first-order valence-corrected chi connectivity index (χ1v) is 8.32. The van der Waals surface area contributed by atoms with Crippen LogP contribution in [0, 0.1) is 5.82 Å². The monoisotopic (exact) mass is 390 g/mol. The van der Waals surface area contributed by atoms with Crippen LogP contribution in [-0.4, -0.2) is 31.2 Å². The predicted octanol–water partition coefficient (Wildman–Crippen LogP) is 3.34. The second-order valence-corrected chi connectivity index (χ2v) is 5.43. The van der Waals surface area contributed by atoms with Gasteiger partial charge in [0.2, 0.25) is 5.91 Å². The Morgan fingerprint density at radius 3 is 2.39 bits per heavy atom. The Morgan fingerprint density at radius 1 is 1.04 bits per heavy atom. The van der Waals surface area contributed by atoms with E-state index in [1.807, 2.05) is 0 Å². The van der Waals surface area contributed by atoms with Crippen molar-refractivity contribution in [1.29, 1.82) is 0 Å². The molecule has 0 atom stereocenters. The van der Waals surface area contributed by atoms with Gasteiger partial charge in [-0.3, -0.25) is 10.1 Å². The minimum absolute atomic E-state index is 0.0632. The minimum Gasteiger partial charge on any atom is -0.480 e. The number of para-hydroxylation sites is 1. The fourth-order valence-electron chi connectivity index (χ4n) is 2.13. The Balaban J connectivity index is 2.16. The zero-order valence-corrected chi connectivity index (χ0v) is 15.3. The molecule has 2 rings (SSSR count). The standard InChI is InChI=1S/C19H19FN2O6/c1-3-26-18(24)11-27-17-9-14(20)15(10-16(17)21-12(2)23)22-19(25)28-13-7-5-4-6-8-13/h4-10H,3,11H2,1-2H3,(H,21,23)(H,22,25). The molecule has 2 aromatic carbocycles. The maximum atomic E-state index is 14.4. The van der Waals surface area contributed by atoms with Gasteiger partial charge in [0.1, 0.15) is 11.5 Å². The van der Waals surface area contributed by atoms with Crippen LogP contribution in [0.2, 0.25) is 0 Å². The molecule has 0 saturated heterocycles. The van der Waals surface area contributed by atoms with Gasteiger partial charge in [0.25, 0.3) is 0 Å². The number of esters is 1. The van der Waals surface area contributed by atoms with Gasteiger partial charge in [0.15, 0.2) is 12.4 Å². The number of nitrogens with one attached hydrogen (secondary N) is 2. The molecule has 0 saturated carbocycles. The van der Waals surface area contributed by atoms with Crippen molar-refractivity contribution in [3.8, 4) is 11.5 Å². The number of hydrogen-bond donors (Lipinski definition) is 2. The van der Waals surface area contributed by atoms with Gasteiger partial charge in [-0.25, -0.2) is 14.0 Å². The maximum Gasteiger partial charge on any atom is 0.417 e. The van der Waals surface area contributed by atoms with Crippen molar-refractivity contribution in [3.05, 3.63) is 48.3 Å². The smallest absolute Gasteiger partial charge is 0.417 e. The van der Waals surface area contributed by atoms with Gasteiger partial charge in [-0.1, -0.05) is 18.2 Å². The van der Waals surface area contributed by atoms with Crippen molar-refractivity contribution >= 4 is 29.3 Å². The van der Waals surface area contributed by atoms with Crippen molar-refractivity contribution in [2.24, 2.45) is 0 Å². The first-order chi connectivity index (χ1) is 13.4. The molecule has 9 heteroatoms. The van der Waals surface area contributed by atoms with Crippen LogP contribution in [0.15, 0.2) is 42.5 Å². The molecule has 0 unspecified atom stereocenters. The molecule has 0 bridgehead atoms. The predicted molar refractivity (Wildman–Crippen MR) is 98.9 cm³/mol. The molecule has 0 radical (unpaired) electrons. The molecular formula is C19H19FN2O6. The Hall–Kier alpha value is -3.62. The van der Waals surface area contributed by atoms with Crippen molar-refractivity contribution in [2.45, 2.75) is 13.8 Å². The van der Waals surface area contributed by atoms with Crippen LogP contribution in [0.3, 0.4) is 0 Å². The number of halogens is 1. The van der Waals surface area contributed by atoms with Gasteiger partial charge in [-0.2, -0.15) is 0 Å². The summed E-state index contributed by atoms with van der Waals surface area (Å²) in [5.41, 5.74) is -0.179. The van der Waals surface area contributed by atoms with E-state index in [9.17, 15) is 18.8 Å². The summed E-state index contributed by atoms with van der Waals surface area (Å²) in [5, 5.41) is 4.69. The number of hydrogen-bond acceptors (Lipinski definition) is 6. The number of carbonyl (C=O) groups excluding carboxylic acids is 3. The Kier molecular flexibility index (Phi) is 7.32. The quantitative estimate of drug-likeness (QED) is 0.703. The summed E-state index contributed by atoms with van der Waals surface area (Å²) in [5.74, 6) is -1.77. The molecule has 2 N–H and O–H groups in total. The SMILES string of the molecule is CCOC(=O)COc1cc(F)c(NC(=O)Oc2ccccc2)cc1NC(C)=O. The van der Waals surface area contributed by atoms with Crippen LogP contribution in [0.1, 0.15) is 13.8 Å². The Morgan fingerprint density at radius 2 is 1.75 bits per heavy atom. The minimum atomic E-state index is -0.918. The van der Waals surface area contributed by atoms with Crippen molar-refractivity contribution in [1.82, 2.24) is 0 Å². The fourth-order valence-corrected chi connectivity index (χ4v) is 2.13. The summed E-state index contributed by atoms with van der Waals surface area (Å²) >= 11 is 0. The highest BCUT2D eigenvalue weighted by atomic mass is 19.1. The van der Waals surface area contributed by atoms with E-state index >= 15 is 0 Å². The summed E-state index contributed by atoms with van der Waals surface area (Å²) in [6.45, 7) is 2.58. The summed E-state index contributed by atoms with van der Waals surface area (Å²) in [6, 6.07) is 10.3. The number of benzene rings is 2. The van der Waals surface area contributed by atoms with E-state index in [1.54, 1.807) is 37.3 Å². The van der Waals surface area contributed by atoms with E-state index in [0.717, 1.165) is 12.1 Å². The molecule has 0 aliphatic carbocycles. The lowest BCUT2D eigenvalue weighted by Crippen LogP contribution is -2.19. The summed E-state index contributed by atoms with van der Waals surface area (Å²) in [7, 11) is 0. The molecule has 0 spiro atoms. The third kappa shape index (κ3) is 6.27. The van der Waals surface area contributed by atoms with E-state index in [0.29, 0.717) is 0 Å². The molecule has 8 nitrogen and oxygen atoms in total. The molecular weight excluding hydrogens is 371 g/mol. The fraction of sp³-hybridized carbons (Fsp3) is 0.211. The van der Waals surface area contributed by atoms with Gasteiger partial charge in [-0.15, -0.1) is 0 Å². The summed E-state index contributed by atoms with van der Waals surface area (Å²) < 4.78 is 29.3. The molecule has 0 aliphatic heterocycles. The average molecular weight is 390 g/mol. The molecule has 28 heavy (non-hydrogen) atoms. The molecule has 2 amide bonds. The number of anilines is 2. The topological polar surface area (TPSA) is 103 Å². The van der Waals surface area contributed by atoms with Crippen molar-refractivity contribution in [3.63, 3.8) is 0 Å². The lowest BCUT2D eigenvalue weighted by molar-refractivity contribution is -0.145. The number of ether oxygens (including phenoxy) is 3. The molecule has 2 aromatic rings. The average Bonchev–Trinajstić information content (AvgIpc) is 2.63. The van der Waals surface area contributed by atoms with Gasteiger partial charge in [-0.05, 0) is 25.1 Å². The van der Waals surface area contributed by atoms with Crippen LogP contribution in [-0.2, 0) is 14.3 Å². The second-order valence-electron chi connectivity index (χ2n) is 5.43. The van der Waals surface area contributed by atoms with E-state index in [2.05, 4.69) is 10.6 Å². The first kappa shape index (κ1) is 20.7. The van der Waals surface area contributed by atoms with Gasteiger partial charge >= 0.3 is 12.1 Å². The largest absolute Gasteiger partial charge is 0.480 e. The zero-order chi connectivity index (χ0) is 20.5. The lowest BCUT2D eigenvalue weighted by Gasteiger charge is -2.14. The molecule has 0 fully saturated rings. The summed E-state index contributed by atoms with van der Waals surface area (Å²) in [4.78, 5) is 34.8. The Bertz CT molecular complexity index is 857. The number of rotatable bonds is 7. The van der Waals surface area contributed by atoms with Crippen LogP contribution >= 0.6 is 0 Å². The van der Waals surface area contributed by atoms with Crippen LogP contribution in [0.25, 0.3) is 0 Å². The highest BCUT2D eigenvalue weighted by molar-refractivity contribution is 5.93. The normalized spacial score (nSPS) is 9.96. The summed E-state index contributed by atoms with van der Waals surface area (Å²) in [6.07, 6.45) is -0.918. The maximum absolute atomic E-state index is 14.4. The highest BCUT2D eigenvalue weighted by Gasteiger charge is 2.16. The molecule has 0 aliphatic rings. The molecule has 0 heterocycles. The lowest BCUT2D eigenvalue weighted by atomic mass is 10.2. The van der Waals surface area contributed by atoms with Crippen LogP contribution in [0.5, 0.6) is 11.5 Å². The Labute approximate surface area is 160 Å². The van der Waals surface area contributed by atoms with E-state index in [-0.39, 0.29) is 29.5 Å². The molecule has 0 aromatic heterocycles. The van der Waals surface area contributed by atoms with Crippen LogP contribution < -0.4 is 20.1 Å². The van der Waals surface area contributed by atoms with Crippen LogP contribution in [0.4, 0.5) is 20.6 Å². The number of carbonyl (C=O) groups is 3. The highest BCUT2D eigenvalue weighted by Crippen LogP contribution is 2.31. The van der Waals surface area contributed by atoms with E-state index in [4.69, 9.17) is 14.2 Å². The molecule has 148 valence electrons. The van der Waals surface area contributed by atoms with Crippen molar-refractivity contribution < 1.29 is 33.0 Å². The second kappa shape index (κ2) is 9.91. The third-order valence-corrected chi connectivity index (χ3v) is 3.22. The van der Waals surface area contributed by atoms with Gasteiger partial charge < -0.3 is 19.5 Å².